The standard InChI is InChI=1S/C61H29F3N8/c62-61(63,64)54-26-37(31-66)9-14-47(54)44-11-15-50(60(29-44)72-56-8-4-2-6-49(56)53-28-43(13-18-59(53)72)46-23-40(34-69)20-41(24-46)35-70)51-25-36(30-65)10-16-57(51)71-55-7-3-1-5-48(55)52-27-42(12-17-58(52)71)45-21-38(32-67)19-39(22-45)33-68/h1-29H. The molecule has 2 heterocycles. The summed E-state index contributed by atoms with van der Waals surface area (Å²) in [6.45, 7) is 0. The number of halogens is 3. The Hall–Kier alpha value is -10.7. The van der Waals surface area contributed by atoms with Crippen LogP contribution in [0, 0.1) is 68.0 Å². The summed E-state index contributed by atoms with van der Waals surface area (Å²) in [5, 5.41) is 62.7. The van der Waals surface area contributed by atoms with Crippen LogP contribution in [0.2, 0.25) is 0 Å². The molecule has 0 atom stereocenters. The number of fused-ring (bicyclic) bond motifs is 6. The molecule has 0 aliphatic carbocycles. The molecule has 11 aromatic rings. The van der Waals surface area contributed by atoms with Gasteiger partial charge < -0.3 is 9.13 Å². The first-order valence-electron chi connectivity index (χ1n) is 22.3. The summed E-state index contributed by atoms with van der Waals surface area (Å²) in [6, 6.07) is 64.0. The van der Waals surface area contributed by atoms with Crippen molar-refractivity contribution in [2.45, 2.75) is 6.18 Å². The van der Waals surface area contributed by atoms with E-state index in [4.69, 9.17) is 0 Å². The van der Waals surface area contributed by atoms with Gasteiger partial charge in [0.05, 0.1) is 109 Å². The summed E-state index contributed by atoms with van der Waals surface area (Å²) < 4.78 is 49.1. The van der Waals surface area contributed by atoms with E-state index in [-0.39, 0.29) is 16.7 Å². The maximum Gasteiger partial charge on any atom is 0.417 e. The number of para-hydroxylation sites is 2. The van der Waals surface area contributed by atoms with Gasteiger partial charge in [0, 0.05) is 32.7 Å². The summed E-state index contributed by atoms with van der Waals surface area (Å²) in [5.74, 6) is 0. The monoisotopic (exact) mass is 930 g/mol. The van der Waals surface area contributed by atoms with E-state index in [0.717, 1.165) is 55.3 Å². The SMILES string of the molecule is N#Cc1cc(C#N)cc(-c2ccc3c(c2)c2ccccc2n3-c2ccc(C#N)cc2-c2ccc(-c3ccc(C#N)cc3C(F)(F)F)cc2-n2c3ccccc3c3cc(-c4cc(C#N)cc(C#N)c4)ccc32)c1. The zero-order valence-electron chi connectivity index (χ0n) is 37.5. The number of rotatable bonds is 6. The molecule has 0 bridgehead atoms. The Morgan fingerprint density at radius 3 is 1.24 bits per heavy atom. The average Bonchev–Trinajstić information content (AvgIpc) is 3.93. The van der Waals surface area contributed by atoms with Gasteiger partial charge in [-0.15, -0.1) is 0 Å². The van der Waals surface area contributed by atoms with Gasteiger partial charge in [0.1, 0.15) is 0 Å². The van der Waals surface area contributed by atoms with Gasteiger partial charge in [-0.1, -0.05) is 66.7 Å². The fourth-order valence-electron chi connectivity index (χ4n) is 9.90. The smallest absolute Gasteiger partial charge is 0.309 e. The van der Waals surface area contributed by atoms with Crippen molar-refractivity contribution in [3.8, 4) is 92.3 Å². The van der Waals surface area contributed by atoms with Crippen molar-refractivity contribution < 1.29 is 13.2 Å². The largest absolute Gasteiger partial charge is 0.417 e. The van der Waals surface area contributed by atoms with Crippen LogP contribution in [0.4, 0.5) is 13.2 Å². The Kier molecular flexibility index (Phi) is 10.4. The number of alkyl halides is 3. The summed E-state index contributed by atoms with van der Waals surface area (Å²) in [5.41, 5.74) is 8.98. The second-order valence-electron chi connectivity index (χ2n) is 17.2. The quantitative estimate of drug-likeness (QED) is 0.162. The molecule has 0 fully saturated rings. The lowest BCUT2D eigenvalue weighted by atomic mass is 9.92. The molecule has 11 rings (SSSR count). The lowest BCUT2D eigenvalue weighted by Gasteiger charge is -2.21. The molecule has 0 radical (unpaired) electrons. The van der Waals surface area contributed by atoms with Crippen LogP contribution in [0.25, 0.3) is 99.5 Å². The van der Waals surface area contributed by atoms with Gasteiger partial charge in [-0.2, -0.15) is 44.7 Å². The van der Waals surface area contributed by atoms with Gasteiger partial charge >= 0.3 is 6.18 Å². The van der Waals surface area contributed by atoms with E-state index in [2.05, 4.69) is 34.9 Å². The molecule has 0 spiro atoms. The molecule has 0 unspecified atom stereocenters. The zero-order valence-corrected chi connectivity index (χ0v) is 37.5. The Labute approximate surface area is 409 Å². The molecule has 0 aliphatic heterocycles. The molecule has 0 amide bonds. The fraction of sp³-hybridized carbons (Fsp3) is 0.0164. The van der Waals surface area contributed by atoms with Crippen LogP contribution in [0.1, 0.15) is 38.9 Å². The van der Waals surface area contributed by atoms with Gasteiger partial charge in [0.25, 0.3) is 0 Å². The highest BCUT2D eigenvalue weighted by Crippen LogP contribution is 2.45. The molecular formula is C61H29F3N8. The van der Waals surface area contributed by atoms with Crippen LogP contribution in [-0.2, 0) is 6.18 Å². The molecular weight excluding hydrogens is 902 g/mol. The molecule has 72 heavy (non-hydrogen) atoms. The van der Waals surface area contributed by atoms with Crippen molar-refractivity contribution in [3.05, 3.63) is 215 Å². The molecule has 11 heteroatoms. The van der Waals surface area contributed by atoms with Crippen molar-refractivity contribution in [1.82, 2.24) is 9.13 Å². The molecule has 9 aromatic carbocycles. The fourth-order valence-corrected chi connectivity index (χ4v) is 9.90. The summed E-state index contributed by atoms with van der Waals surface area (Å²) in [6.07, 6.45) is -4.81. The lowest BCUT2D eigenvalue weighted by molar-refractivity contribution is -0.137. The van der Waals surface area contributed by atoms with Crippen LogP contribution >= 0.6 is 0 Å². The van der Waals surface area contributed by atoms with Crippen LogP contribution in [0.15, 0.2) is 176 Å². The van der Waals surface area contributed by atoms with E-state index in [0.29, 0.717) is 67.0 Å². The number of nitrogens with zero attached hydrogens (tertiary/aromatic N) is 8. The average molecular weight is 931 g/mol. The molecule has 0 aliphatic rings. The zero-order chi connectivity index (χ0) is 49.8. The van der Waals surface area contributed by atoms with Crippen LogP contribution < -0.4 is 0 Å². The number of aromatic nitrogens is 2. The minimum absolute atomic E-state index is 0.130. The first-order valence-corrected chi connectivity index (χ1v) is 22.3. The van der Waals surface area contributed by atoms with Gasteiger partial charge in [0.2, 0.25) is 0 Å². The molecule has 334 valence electrons. The van der Waals surface area contributed by atoms with Gasteiger partial charge in [-0.3, -0.25) is 0 Å². The van der Waals surface area contributed by atoms with E-state index in [1.165, 1.54) is 18.2 Å². The van der Waals surface area contributed by atoms with Crippen molar-refractivity contribution >= 4 is 43.6 Å². The summed E-state index contributed by atoms with van der Waals surface area (Å²) in [7, 11) is 0. The van der Waals surface area contributed by atoms with E-state index in [1.807, 2.05) is 102 Å². The second kappa shape index (κ2) is 17.1. The van der Waals surface area contributed by atoms with Gasteiger partial charge in [0.15, 0.2) is 0 Å². The highest BCUT2D eigenvalue weighted by atomic mass is 19.4. The minimum atomic E-state index is -4.81. The Bertz CT molecular complexity index is 4350. The molecule has 0 N–H and O–H groups in total. The Balaban J connectivity index is 1.21. The van der Waals surface area contributed by atoms with E-state index < -0.39 is 11.7 Å². The first-order chi connectivity index (χ1) is 35.0. The third kappa shape index (κ3) is 7.29. The van der Waals surface area contributed by atoms with E-state index in [9.17, 15) is 44.7 Å². The highest BCUT2D eigenvalue weighted by molar-refractivity contribution is 6.13. The van der Waals surface area contributed by atoms with E-state index >= 15 is 0 Å². The number of benzene rings is 9. The summed E-state index contributed by atoms with van der Waals surface area (Å²) in [4.78, 5) is 0. The van der Waals surface area contributed by atoms with E-state index in [1.54, 1.807) is 60.7 Å². The van der Waals surface area contributed by atoms with Gasteiger partial charge in [-0.05, 0) is 143 Å². The first kappa shape index (κ1) is 43.9. The minimum Gasteiger partial charge on any atom is -0.309 e. The maximum atomic E-state index is 15.0. The van der Waals surface area contributed by atoms with Crippen molar-refractivity contribution in [3.63, 3.8) is 0 Å². The Morgan fingerprint density at radius 2 is 0.736 bits per heavy atom. The predicted molar refractivity (Wildman–Crippen MR) is 270 cm³/mol. The molecule has 8 nitrogen and oxygen atoms in total. The number of hydrogen-bond donors (Lipinski definition) is 0. The third-order valence-corrected chi connectivity index (χ3v) is 13.1. The lowest BCUT2D eigenvalue weighted by Crippen LogP contribution is -2.08. The Morgan fingerprint density at radius 1 is 0.306 bits per heavy atom. The molecule has 0 saturated carbocycles. The van der Waals surface area contributed by atoms with Crippen molar-refractivity contribution in [2.24, 2.45) is 0 Å². The molecule has 0 saturated heterocycles. The predicted octanol–water partition coefficient (Wildman–Crippen LogP) is 14.8. The van der Waals surface area contributed by atoms with Crippen molar-refractivity contribution in [1.29, 1.82) is 31.6 Å². The number of hydrogen-bond acceptors (Lipinski definition) is 6. The molecule has 2 aromatic heterocycles. The third-order valence-electron chi connectivity index (χ3n) is 13.1. The maximum absolute atomic E-state index is 15.0. The number of nitriles is 6. The highest BCUT2D eigenvalue weighted by Gasteiger charge is 2.34. The van der Waals surface area contributed by atoms with Crippen molar-refractivity contribution in [2.75, 3.05) is 0 Å². The van der Waals surface area contributed by atoms with Crippen LogP contribution in [0.5, 0.6) is 0 Å². The van der Waals surface area contributed by atoms with Gasteiger partial charge in [-0.25, -0.2) is 0 Å². The normalized spacial score (nSPS) is 11.2. The topological polar surface area (TPSA) is 153 Å². The van der Waals surface area contributed by atoms with Crippen LogP contribution in [-0.4, -0.2) is 9.13 Å². The summed E-state index contributed by atoms with van der Waals surface area (Å²) >= 11 is 0. The second-order valence-corrected chi connectivity index (χ2v) is 17.2. The van der Waals surface area contributed by atoms with Crippen LogP contribution in [0.3, 0.4) is 0 Å².